The molecule has 1 saturated heterocycles. The van der Waals surface area contributed by atoms with Crippen molar-refractivity contribution in [2.24, 2.45) is 4.99 Å². The number of rotatable bonds is 11. The van der Waals surface area contributed by atoms with Gasteiger partial charge in [-0.1, -0.05) is 29.8 Å². The molecule has 0 spiro atoms. The highest BCUT2D eigenvalue weighted by Crippen LogP contribution is 2.46. The van der Waals surface area contributed by atoms with Gasteiger partial charge in [0.25, 0.3) is 5.91 Å². The van der Waals surface area contributed by atoms with Crippen LogP contribution in [0.2, 0.25) is 5.02 Å². The minimum Gasteiger partial charge on any atom is -0.746 e. The number of imidazole rings is 1. The summed E-state index contributed by atoms with van der Waals surface area (Å²) in [5.41, 5.74) is 0.809. The number of nitrogens with zero attached hydrogens (tertiary/aromatic N) is 3. The molecule has 0 saturated carbocycles. The van der Waals surface area contributed by atoms with Gasteiger partial charge in [-0.25, -0.2) is 9.98 Å². The topological polar surface area (TPSA) is 182 Å². The van der Waals surface area contributed by atoms with Gasteiger partial charge in [0.15, 0.2) is 12.3 Å². The van der Waals surface area contributed by atoms with E-state index in [0.717, 1.165) is 0 Å². The number of ketones is 1. The van der Waals surface area contributed by atoms with Crippen molar-refractivity contribution in [2.45, 2.75) is 51.0 Å². The van der Waals surface area contributed by atoms with Crippen molar-refractivity contribution in [1.29, 1.82) is 0 Å². The molecule has 3 aromatic rings. The van der Waals surface area contributed by atoms with Crippen LogP contribution in [0.1, 0.15) is 54.6 Å². The van der Waals surface area contributed by atoms with E-state index in [1.165, 1.54) is 48.4 Å². The largest absolute Gasteiger partial charge is 0.746 e. The number of amides is 1. The van der Waals surface area contributed by atoms with Gasteiger partial charge in [0.2, 0.25) is 6.29 Å². The van der Waals surface area contributed by atoms with E-state index in [4.69, 9.17) is 30.1 Å². The number of aromatic nitrogens is 2. The first-order chi connectivity index (χ1) is 20.6. The van der Waals surface area contributed by atoms with Crippen LogP contribution in [-0.2, 0) is 28.2 Å². The van der Waals surface area contributed by atoms with Crippen LogP contribution in [0, 0.1) is 0 Å². The lowest BCUT2D eigenvalue weighted by Gasteiger charge is -2.28. The molecule has 43 heavy (non-hydrogen) atoms. The van der Waals surface area contributed by atoms with Gasteiger partial charge in [-0.15, -0.1) is 0 Å². The molecule has 1 aromatic heterocycles. The number of benzene rings is 2. The Bertz CT molecular complexity index is 1570. The zero-order chi connectivity index (χ0) is 30.6. The summed E-state index contributed by atoms with van der Waals surface area (Å²) < 4.78 is 35.9. The van der Waals surface area contributed by atoms with Gasteiger partial charge in [0, 0.05) is 23.4 Å². The second-order valence-electron chi connectivity index (χ2n) is 9.57. The number of nitrogens with one attached hydrogen (secondary N) is 2. The van der Waals surface area contributed by atoms with Crippen LogP contribution in [0.25, 0.3) is 0 Å². The van der Waals surface area contributed by atoms with Crippen LogP contribution < -0.4 is 20.1 Å². The normalized spacial score (nSPS) is 22.1. The maximum atomic E-state index is 12.8. The summed E-state index contributed by atoms with van der Waals surface area (Å²) in [5, 5.41) is 6.13. The van der Waals surface area contributed by atoms with E-state index in [9.17, 15) is 23.8 Å². The molecule has 3 heterocycles. The summed E-state index contributed by atoms with van der Waals surface area (Å²) in [6.07, 6.45) is -2.03. The Kier molecular flexibility index (Phi) is 9.23. The van der Waals surface area contributed by atoms with Gasteiger partial charge in [-0.2, -0.15) is 0 Å². The first kappa shape index (κ1) is 30.4. The molecule has 5 rings (SSSR count). The number of hydrogen-bond donors (Lipinski definition) is 2. The minimum absolute atomic E-state index is 0.0416. The maximum Gasteiger partial charge on any atom is 0.322 e. The van der Waals surface area contributed by atoms with Crippen LogP contribution in [0.15, 0.2) is 65.9 Å². The molecule has 1 unspecified atom stereocenters. The van der Waals surface area contributed by atoms with Crippen molar-refractivity contribution < 1.29 is 42.4 Å². The van der Waals surface area contributed by atoms with Crippen molar-refractivity contribution in [3.8, 4) is 5.75 Å². The number of Topliss-reactive ketones (excluding diaryl/α,β-unsaturated/α-hetero) is 1. The third-order valence-electron chi connectivity index (χ3n) is 6.38. The number of phosphoric acid groups is 1. The van der Waals surface area contributed by atoms with Crippen LogP contribution >= 0.6 is 19.4 Å². The molecule has 14 nitrogen and oxygen atoms in total. The lowest BCUT2D eigenvalue weighted by molar-refractivity contribution is -0.244. The lowest BCUT2D eigenvalue weighted by Crippen LogP contribution is -2.31. The monoisotopic (exact) mass is 630 g/mol. The first-order valence-corrected chi connectivity index (χ1v) is 14.9. The van der Waals surface area contributed by atoms with E-state index in [2.05, 4.69) is 20.6 Å². The maximum absolute atomic E-state index is 12.8. The fourth-order valence-corrected chi connectivity index (χ4v) is 5.34. The number of hydrogen-bond acceptors (Lipinski definition) is 12. The number of ether oxygens (including phenoxy) is 2. The number of esters is 1. The van der Waals surface area contributed by atoms with E-state index >= 15 is 0 Å². The van der Waals surface area contributed by atoms with Crippen molar-refractivity contribution in [3.63, 3.8) is 0 Å². The zero-order valence-electron chi connectivity index (χ0n) is 22.6. The average Bonchev–Trinajstić information content (AvgIpc) is 3.57. The second-order valence-corrected chi connectivity index (χ2v) is 11.3. The molecule has 0 bridgehead atoms. The smallest absolute Gasteiger partial charge is 0.322 e. The number of aliphatic imine (C=N–C) groups is 1. The van der Waals surface area contributed by atoms with Crippen LogP contribution in [-0.4, -0.2) is 45.9 Å². The molecule has 1 amide bonds. The van der Waals surface area contributed by atoms with Crippen molar-refractivity contribution in [2.75, 3.05) is 5.32 Å². The zero-order valence-corrected chi connectivity index (χ0v) is 24.3. The fourth-order valence-electron chi connectivity index (χ4n) is 4.35. The van der Waals surface area contributed by atoms with Gasteiger partial charge in [-0.05, 0) is 43.3 Å². The molecule has 0 radical (unpaired) electrons. The quantitative estimate of drug-likeness (QED) is 0.233. The standard InChI is InChI=1S/C27H27ClN5O9P/c1-16(34)7-12-22(35)39-20-13-21(40-27(20)42-43(37,38)41-19-10-8-18(28)9-11-19)33-15-31-23-24(29-14-30-25(23)33)32-26(36)17-5-3-2-4-6-17/h2-6,8-11,14-15,20-21,24,27H,7,12-13H2,1H3,(H,29,30)(H,32,36)(H,37,38)/p-1/t20-,21+,24-,27-/m1/s1. The van der Waals surface area contributed by atoms with E-state index < -0.39 is 38.6 Å². The molecule has 2 aliphatic heterocycles. The average molecular weight is 631 g/mol. The number of phosphoric ester groups is 1. The van der Waals surface area contributed by atoms with E-state index in [1.54, 1.807) is 30.3 Å². The van der Waals surface area contributed by atoms with Gasteiger partial charge in [0.1, 0.15) is 29.3 Å². The lowest BCUT2D eigenvalue weighted by atomic mass is 10.2. The highest BCUT2D eigenvalue weighted by atomic mass is 35.5. The summed E-state index contributed by atoms with van der Waals surface area (Å²) in [5.74, 6) is -0.956. The number of carbonyl (C=O) groups excluding carboxylic acids is 3. The van der Waals surface area contributed by atoms with Crippen LogP contribution in [0.5, 0.6) is 5.75 Å². The van der Waals surface area contributed by atoms with E-state index in [0.29, 0.717) is 22.1 Å². The van der Waals surface area contributed by atoms with E-state index in [1.807, 2.05) is 0 Å². The first-order valence-electron chi connectivity index (χ1n) is 13.1. The Labute approximate surface area is 250 Å². The summed E-state index contributed by atoms with van der Waals surface area (Å²) in [6, 6.07) is 14.1. The second kappa shape index (κ2) is 13.1. The van der Waals surface area contributed by atoms with Crippen LogP contribution in [0.3, 0.4) is 0 Å². The molecular weight excluding hydrogens is 605 g/mol. The molecule has 16 heteroatoms. The van der Waals surface area contributed by atoms with Crippen molar-refractivity contribution in [3.05, 3.63) is 77.2 Å². The highest BCUT2D eigenvalue weighted by Gasteiger charge is 2.43. The summed E-state index contributed by atoms with van der Waals surface area (Å²) in [7, 11) is -5.04. The van der Waals surface area contributed by atoms with Crippen molar-refractivity contribution in [1.82, 2.24) is 14.9 Å². The molecular formula is C27H26ClN5O9P-. The Balaban J connectivity index is 1.33. The molecule has 2 aliphatic rings. The van der Waals surface area contributed by atoms with Crippen LogP contribution in [0.4, 0.5) is 5.82 Å². The Morgan fingerprint density at radius 3 is 2.63 bits per heavy atom. The number of fused-ring (bicyclic) bond motifs is 1. The van der Waals surface area contributed by atoms with E-state index in [-0.39, 0.29) is 36.7 Å². The minimum atomic E-state index is -5.04. The third-order valence-corrected chi connectivity index (χ3v) is 7.53. The molecule has 1 fully saturated rings. The van der Waals surface area contributed by atoms with Gasteiger partial charge in [-0.3, -0.25) is 23.2 Å². The predicted molar refractivity (Wildman–Crippen MR) is 150 cm³/mol. The molecule has 226 valence electrons. The SMILES string of the molecule is CC(=O)CCC(=O)O[C@@H]1C[C@@H](n2cnc3c2NC=N[C@@H]3NC(=O)c2ccccc2)O[C@@H]1OP(=O)([O-])Oc1ccc(Cl)cc1. The predicted octanol–water partition coefficient (Wildman–Crippen LogP) is 3.51. The third kappa shape index (κ3) is 7.66. The Morgan fingerprint density at radius 2 is 1.91 bits per heavy atom. The van der Waals surface area contributed by atoms with Gasteiger partial charge >= 0.3 is 13.8 Å². The molecule has 2 aromatic carbocycles. The van der Waals surface area contributed by atoms with Gasteiger partial charge < -0.3 is 34.3 Å². The Hall–Kier alpha value is -4.07. The number of halogens is 1. The highest BCUT2D eigenvalue weighted by molar-refractivity contribution is 7.46. The molecule has 2 N–H and O–H groups in total. The number of anilines is 1. The Morgan fingerprint density at radius 1 is 1.16 bits per heavy atom. The summed E-state index contributed by atoms with van der Waals surface area (Å²) in [4.78, 5) is 57.9. The van der Waals surface area contributed by atoms with Gasteiger partial charge in [0.05, 0.1) is 19.1 Å². The van der Waals surface area contributed by atoms with Crippen molar-refractivity contribution >= 4 is 49.2 Å². The fraction of sp³-hybridized carbons (Fsp3) is 0.296. The summed E-state index contributed by atoms with van der Waals surface area (Å²) >= 11 is 5.85. The molecule has 0 aliphatic carbocycles. The number of carbonyl (C=O) groups is 3. The summed E-state index contributed by atoms with van der Waals surface area (Å²) in [6.45, 7) is 1.34. The molecule has 5 atom stereocenters.